The number of ether oxygens (including phenoxy) is 1. The number of nitrogens with one attached hydrogen (secondary N) is 1. The van der Waals surface area contributed by atoms with Crippen LogP contribution in [0.1, 0.15) is 42.4 Å². The van der Waals surface area contributed by atoms with Crippen molar-refractivity contribution in [1.29, 1.82) is 0 Å². The van der Waals surface area contributed by atoms with Gasteiger partial charge in [0.15, 0.2) is 0 Å². The second kappa shape index (κ2) is 6.81. The van der Waals surface area contributed by atoms with Gasteiger partial charge in [0.2, 0.25) is 0 Å². The summed E-state index contributed by atoms with van der Waals surface area (Å²) in [5.74, 6) is 0.908. The summed E-state index contributed by atoms with van der Waals surface area (Å²) in [5, 5.41) is 3.60. The van der Waals surface area contributed by atoms with Crippen molar-refractivity contribution in [2.45, 2.75) is 46.8 Å². The summed E-state index contributed by atoms with van der Waals surface area (Å²) in [5.41, 5.74) is 5.32. The van der Waals surface area contributed by atoms with Crippen LogP contribution in [0.5, 0.6) is 5.75 Å². The number of nitrogens with zero attached hydrogens (tertiary/aromatic N) is 1. The molecule has 1 atom stereocenters. The Hall–Kier alpha value is -1.74. The van der Waals surface area contributed by atoms with Gasteiger partial charge in [0.25, 0.3) is 0 Å². The van der Waals surface area contributed by atoms with Crippen LogP contribution < -0.4 is 10.1 Å². The summed E-state index contributed by atoms with van der Waals surface area (Å²) in [6.07, 6.45) is 0. The lowest BCUT2D eigenvalue weighted by molar-refractivity contribution is 0.413. The first-order valence-electron chi connectivity index (χ1n) is 7.59. The quantitative estimate of drug-likeness (QED) is 0.869. The van der Waals surface area contributed by atoms with E-state index in [0.717, 1.165) is 18.8 Å². The molecule has 1 aromatic heterocycles. The first kappa shape index (κ1) is 15.6. The average Bonchev–Trinajstić information content (AvgIpc) is 2.78. The summed E-state index contributed by atoms with van der Waals surface area (Å²) in [6.45, 7) is 10.7. The zero-order valence-corrected chi connectivity index (χ0v) is 13.7. The van der Waals surface area contributed by atoms with Gasteiger partial charge in [-0.2, -0.15) is 0 Å². The highest BCUT2D eigenvalue weighted by atomic mass is 16.5. The summed E-state index contributed by atoms with van der Waals surface area (Å²) >= 11 is 0. The Labute approximate surface area is 127 Å². The molecule has 0 fully saturated rings. The highest BCUT2D eigenvalue weighted by Crippen LogP contribution is 2.20. The van der Waals surface area contributed by atoms with E-state index in [0.29, 0.717) is 6.04 Å². The smallest absolute Gasteiger partial charge is 0.119 e. The topological polar surface area (TPSA) is 26.2 Å². The van der Waals surface area contributed by atoms with Gasteiger partial charge < -0.3 is 14.6 Å². The second-order valence-corrected chi connectivity index (χ2v) is 5.52. The normalized spacial score (nSPS) is 12.4. The number of benzene rings is 1. The third-order valence-corrected chi connectivity index (χ3v) is 4.19. The maximum Gasteiger partial charge on any atom is 0.119 e. The van der Waals surface area contributed by atoms with Crippen LogP contribution >= 0.6 is 0 Å². The molecule has 0 aliphatic rings. The van der Waals surface area contributed by atoms with Crippen LogP contribution in [0.4, 0.5) is 0 Å². The maximum atomic E-state index is 5.29. The summed E-state index contributed by atoms with van der Waals surface area (Å²) in [4.78, 5) is 0. The standard InChI is InChI=1S/C18H26N2O/c1-6-20-13(2)10-17(15(20)4)12-19-14(3)16-8-7-9-18(11-16)21-5/h7-11,14,19H,6,12H2,1-5H3/t14-/m1/s1. The Morgan fingerprint density at radius 3 is 2.62 bits per heavy atom. The number of hydrogen-bond acceptors (Lipinski definition) is 2. The molecule has 1 heterocycles. The minimum absolute atomic E-state index is 0.296. The first-order chi connectivity index (χ1) is 10.1. The summed E-state index contributed by atoms with van der Waals surface area (Å²) in [7, 11) is 1.71. The molecule has 3 heteroatoms. The van der Waals surface area contributed by atoms with E-state index < -0.39 is 0 Å². The Kier molecular flexibility index (Phi) is 5.07. The molecule has 0 spiro atoms. The first-order valence-corrected chi connectivity index (χ1v) is 7.59. The molecule has 2 aromatic rings. The van der Waals surface area contributed by atoms with Gasteiger partial charge in [-0.3, -0.25) is 0 Å². The Bertz CT molecular complexity index is 601. The molecular weight excluding hydrogens is 260 g/mol. The molecule has 0 saturated carbocycles. The van der Waals surface area contributed by atoms with Crippen molar-refractivity contribution >= 4 is 0 Å². The number of methoxy groups -OCH3 is 1. The zero-order chi connectivity index (χ0) is 15.4. The van der Waals surface area contributed by atoms with E-state index in [1.54, 1.807) is 7.11 Å². The zero-order valence-electron chi connectivity index (χ0n) is 13.7. The van der Waals surface area contributed by atoms with Crippen molar-refractivity contribution in [1.82, 2.24) is 9.88 Å². The van der Waals surface area contributed by atoms with Crippen LogP contribution in [0, 0.1) is 13.8 Å². The fourth-order valence-electron chi connectivity index (χ4n) is 2.83. The van der Waals surface area contributed by atoms with Crippen molar-refractivity contribution in [3.63, 3.8) is 0 Å². The third-order valence-electron chi connectivity index (χ3n) is 4.19. The van der Waals surface area contributed by atoms with Gasteiger partial charge in [0, 0.05) is 30.5 Å². The molecule has 0 radical (unpaired) electrons. The molecule has 0 saturated heterocycles. The molecule has 21 heavy (non-hydrogen) atoms. The van der Waals surface area contributed by atoms with E-state index >= 15 is 0 Å². The molecule has 1 N–H and O–H groups in total. The second-order valence-electron chi connectivity index (χ2n) is 5.52. The molecule has 0 amide bonds. The van der Waals surface area contributed by atoms with Crippen LogP contribution in [0.2, 0.25) is 0 Å². The van der Waals surface area contributed by atoms with Crippen LogP contribution in [-0.2, 0) is 13.1 Å². The Balaban J connectivity index is 2.05. The predicted molar refractivity (Wildman–Crippen MR) is 87.8 cm³/mol. The van der Waals surface area contributed by atoms with Crippen molar-refractivity contribution in [3.8, 4) is 5.75 Å². The van der Waals surface area contributed by atoms with Gasteiger partial charge in [-0.15, -0.1) is 0 Å². The van der Waals surface area contributed by atoms with Crippen molar-refractivity contribution in [2.24, 2.45) is 0 Å². The maximum absolute atomic E-state index is 5.29. The van der Waals surface area contributed by atoms with E-state index in [2.05, 4.69) is 55.8 Å². The van der Waals surface area contributed by atoms with Gasteiger partial charge in [0.1, 0.15) is 5.75 Å². The fourth-order valence-corrected chi connectivity index (χ4v) is 2.83. The lowest BCUT2D eigenvalue weighted by Gasteiger charge is -2.15. The van der Waals surface area contributed by atoms with E-state index in [4.69, 9.17) is 4.74 Å². The van der Waals surface area contributed by atoms with Gasteiger partial charge in [-0.05, 0) is 57.0 Å². The number of aryl methyl sites for hydroxylation is 1. The Morgan fingerprint density at radius 1 is 1.24 bits per heavy atom. The minimum atomic E-state index is 0.296. The van der Waals surface area contributed by atoms with E-state index in [1.807, 2.05) is 12.1 Å². The predicted octanol–water partition coefficient (Wildman–Crippen LogP) is 3.98. The van der Waals surface area contributed by atoms with Crippen molar-refractivity contribution in [3.05, 3.63) is 52.8 Å². The highest BCUT2D eigenvalue weighted by Gasteiger charge is 2.10. The largest absolute Gasteiger partial charge is 0.497 e. The fraction of sp³-hybridized carbons (Fsp3) is 0.444. The monoisotopic (exact) mass is 286 g/mol. The van der Waals surface area contributed by atoms with Gasteiger partial charge in [-0.25, -0.2) is 0 Å². The molecule has 1 aromatic carbocycles. The average molecular weight is 286 g/mol. The highest BCUT2D eigenvalue weighted by molar-refractivity contribution is 5.31. The minimum Gasteiger partial charge on any atom is -0.497 e. The lowest BCUT2D eigenvalue weighted by Crippen LogP contribution is -2.18. The number of aromatic nitrogens is 1. The van der Waals surface area contributed by atoms with Gasteiger partial charge in [-0.1, -0.05) is 12.1 Å². The van der Waals surface area contributed by atoms with Crippen LogP contribution in [0.15, 0.2) is 30.3 Å². The number of rotatable bonds is 6. The number of hydrogen-bond donors (Lipinski definition) is 1. The molecule has 0 aliphatic carbocycles. The third kappa shape index (κ3) is 3.48. The van der Waals surface area contributed by atoms with Crippen LogP contribution in [0.3, 0.4) is 0 Å². The SMILES string of the molecule is CCn1c(C)cc(CN[C@H](C)c2cccc(OC)c2)c1C. The van der Waals surface area contributed by atoms with E-state index in [1.165, 1.54) is 22.5 Å². The van der Waals surface area contributed by atoms with Crippen LogP contribution in [-0.4, -0.2) is 11.7 Å². The summed E-state index contributed by atoms with van der Waals surface area (Å²) < 4.78 is 7.64. The van der Waals surface area contributed by atoms with Crippen molar-refractivity contribution in [2.75, 3.05) is 7.11 Å². The molecule has 2 rings (SSSR count). The Morgan fingerprint density at radius 2 is 2.00 bits per heavy atom. The molecular formula is C18H26N2O. The molecule has 0 aliphatic heterocycles. The van der Waals surface area contributed by atoms with Gasteiger partial charge in [0.05, 0.1) is 7.11 Å². The van der Waals surface area contributed by atoms with Gasteiger partial charge >= 0.3 is 0 Å². The molecule has 0 bridgehead atoms. The molecule has 3 nitrogen and oxygen atoms in total. The van der Waals surface area contributed by atoms with E-state index in [9.17, 15) is 0 Å². The van der Waals surface area contributed by atoms with E-state index in [-0.39, 0.29) is 0 Å². The van der Waals surface area contributed by atoms with Crippen molar-refractivity contribution < 1.29 is 4.74 Å². The summed E-state index contributed by atoms with van der Waals surface area (Å²) in [6, 6.07) is 10.8. The molecule has 0 unspecified atom stereocenters. The molecule has 114 valence electrons. The lowest BCUT2D eigenvalue weighted by atomic mass is 10.1. The van der Waals surface area contributed by atoms with Crippen LogP contribution in [0.25, 0.3) is 0 Å².